The molecule has 3 heteroatoms. The Morgan fingerprint density at radius 1 is 1.31 bits per heavy atom. The first-order valence-electron chi connectivity index (χ1n) is 6.87. The van der Waals surface area contributed by atoms with Crippen LogP contribution in [0.4, 0.5) is 0 Å². The van der Waals surface area contributed by atoms with Crippen molar-refractivity contribution in [3.63, 3.8) is 0 Å². The summed E-state index contributed by atoms with van der Waals surface area (Å²) in [6.45, 7) is 12.1. The SMILES string of the molecule is CCOCCCNCCN1CCC(CC)C1. The second kappa shape index (κ2) is 8.97. The molecular formula is C13H28N2O. The van der Waals surface area contributed by atoms with Gasteiger partial charge in [0.15, 0.2) is 0 Å². The van der Waals surface area contributed by atoms with Crippen LogP contribution in [0.5, 0.6) is 0 Å². The summed E-state index contributed by atoms with van der Waals surface area (Å²) in [5, 5.41) is 3.48. The second-order valence-corrected chi connectivity index (χ2v) is 4.66. The van der Waals surface area contributed by atoms with Gasteiger partial charge >= 0.3 is 0 Å². The normalized spacial score (nSPS) is 21.8. The van der Waals surface area contributed by atoms with Gasteiger partial charge in [-0.05, 0) is 38.8 Å². The first-order valence-corrected chi connectivity index (χ1v) is 6.87. The Kier molecular flexibility index (Phi) is 7.81. The van der Waals surface area contributed by atoms with Gasteiger partial charge < -0.3 is 15.0 Å². The zero-order valence-electron chi connectivity index (χ0n) is 11.0. The van der Waals surface area contributed by atoms with Crippen molar-refractivity contribution in [3.05, 3.63) is 0 Å². The molecule has 96 valence electrons. The Morgan fingerprint density at radius 2 is 2.19 bits per heavy atom. The van der Waals surface area contributed by atoms with Crippen LogP contribution in [0.3, 0.4) is 0 Å². The maximum absolute atomic E-state index is 5.29. The van der Waals surface area contributed by atoms with Gasteiger partial charge in [-0.15, -0.1) is 0 Å². The molecule has 1 aliphatic heterocycles. The Bertz CT molecular complexity index is 164. The molecule has 0 amide bonds. The van der Waals surface area contributed by atoms with Crippen molar-refractivity contribution in [2.24, 2.45) is 5.92 Å². The highest BCUT2D eigenvalue weighted by Gasteiger charge is 2.19. The van der Waals surface area contributed by atoms with Gasteiger partial charge in [-0.1, -0.05) is 13.3 Å². The van der Waals surface area contributed by atoms with Crippen LogP contribution in [-0.4, -0.2) is 50.8 Å². The van der Waals surface area contributed by atoms with Crippen molar-refractivity contribution in [2.45, 2.75) is 33.1 Å². The van der Waals surface area contributed by atoms with E-state index in [1.165, 1.54) is 32.5 Å². The molecule has 1 heterocycles. The standard InChI is InChI=1S/C13H28N2O/c1-3-13-6-9-15(12-13)10-8-14-7-5-11-16-4-2/h13-14H,3-12H2,1-2H3. The molecule has 0 saturated carbocycles. The molecule has 0 aromatic heterocycles. The minimum absolute atomic E-state index is 0.839. The molecule has 1 N–H and O–H groups in total. The van der Waals surface area contributed by atoms with Gasteiger partial charge in [-0.3, -0.25) is 0 Å². The summed E-state index contributed by atoms with van der Waals surface area (Å²) in [6, 6.07) is 0. The number of hydrogen-bond donors (Lipinski definition) is 1. The maximum atomic E-state index is 5.29. The molecule has 3 nitrogen and oxygen atoms in total. The molecule has 0 bridgehead atoms. The van der Waals surface area contributed by atoms with E-state index in [1.807, 2.05) is 6.92 Å². The fourth-order valence-electron chi connectivity index (χ4n) is 2.25. The van der Waals surface area contributed by atoms with E-state index in [-0.39, 0.29) is 0 Å². The average molecular weight is 228 g/mol. The number of hydrogen-bond acceptors (Lipinski definition) is 3. The zero-order chi connectivity index (χ0) is 11.6. The van der Waals surface area contributed by atoms with E-state index in [0.717, 1.165) is 38.6 Å². The first-order chi connectivity index (χ1) is 7.86. The summed E-state index contributed by atoms with van der Waals surface area (Å²) in [6.07, 6.45) is 3.88. The minimum Gasteiger partial charge on any atom is -0.382 e. The van der Waals surface area contributed by atoms with E-state index in [9.17, 15) is 0 Å². The zero-order valence-corrected chi connectivity index (χ0v) is 11.0. The number of nitrogens with zero attached hydrogens (tertiary/aromatic N) is 1. The lowest BCUT2D eigenvalue weighted by Gasteiger charge is -2.15. The molecule has 16 heavy (non-hydrogen) atoms. The largest absolute Gasteiger partial charge is 0.382 e. The predicted octanol–water partition coefficient (Wildman–Crippen LogP) is 1.73. The van der Waals surface area contributed by atoms with Crippen molar-refractivity contribution in [3.8, 4) is 0 Å². The molecule has 0 aliphatic carbocycles. The van der Waals surface area contributed by atoms with Gasteiger partial charge in [0.2, 0.25) is 0 Å². The van der Waals surface area contributed by atoms with E-state index in [2.05, 4.69) is 17.1 Å². The van der Waals surface area contributed by atoms with Gasteiger partial charge in [0.05, 0.1) is 0 Å². The monoisotopic (exact) mass is 228 g/mol. The third-order valence-electron chi connectivity index (χ3n) is 3.40. The van der Waals surface area contributed by atoms with Gasteiger partial charge in [0.25, 0.3) is 0 Å². The van der Waals surface area contributed by atoms with Crippen LogP contribution < -0.4 is 5.32 Å². The number of ether oxygens (including phenoxy) is 1. The minimum atomic E-state index is 0.839. The van der Waals surface area contributed by atoms with Gasteiger partial charge in [0.1, 0.15) is 0 Å². The molecule has 1 atom stereocenters. The van der Waals surface area contributed by atoms with E-state index in [1.54, 1.807) is 0 Å². The first kappa shape index (κ1) is 13.9. The van der Waals surface area contributed by atoms with E-state index in [0.29, 0.717) is 0 Å². The number of rotatable bonds is 9. The third-order valence-corrected chi connectivity index (χ3v) is 3.40. The Balaban J connectivity index is 1.84. The molecule has 0 aromatic carbocycles. The summed E-state index contributed by atoms with van der Waals surface area (Å²) in [5.41, 5.74) is 0. The molecule has 1 aliphatic rings. The molecule has 1 rings (SSSR count). The molecule has 1 fully saturated rings. The van der Waals surface area contributed by atoms with Crippen molar-refractivity contribution in [2.75, 3.05) is 45.9 Å². The molecule has 1 unspecified atom stereocenters. The van der Waals surface area contributed by atoms with Gasteiger partial charge in [-0.2, -0.15) is 0 Å². The fraction of sp³-hybridized carbons (Fsp3) is 1.00. The average Bonchev–Trinajstić information content (AvgIpc) is 2.76. The summed E-state index contributed by atoms with van der Waals surface area (Å²) < 4.78 is 5.29. The Morgan fingerprint density at radius 3 is 2.88 bits per heavy atom. The lowest BCUT2D eigenvalue weighted by molar-refractivity contribution is 0.144. The van der Waals surface area contributed by atoms with Crippen LogP contribution in [-0.2, 0) is 4.74 Å². The number of likely N-dealkylation sites (tertiary alicyclic amines) is 1. The lowest BCUT2D eigenvalue weighted by atomic mass is 10.1. The van der Waals surface area contributed by atoms with Crippen LogP contribution in [0, 0.1) is 5.92 Å². The van der Waals surface area contributed by atoms with Crippen molar-refractivity contribution in [1.82, 2.24) is 10.2 Å². The van der Waals surface area contributed by atoms with Crippen molar-refractivity contribution in [1.29, 1.82) is 0 Å². The fourth-order valence-corrected chi connectivity index (χ4v) is 2.25. The topological polar surface area (TPSA) is 24.5 Å². The van der Waals surface area contributed by atoms with Gasteiger partial charge in [0, 0.05) is 32.8 Å². The third kappa shape index (κ3) is 5.83. The van der Waals surface area contributed by atoms with Crippen LogP contribution in [0.25, 0.3) is 0 Å². The van der Waals surface area contributed by atoms with Crippen molar-refractivity contribution < 1.29 is 4.74 Å². The summed E-state index contributed by atoms with van der Waals surface area (Å²) >= 11 is 0. The summed E-state index contributed by atoms with van der Waals surface area (Å²) in [7, 11) is 0. The quantitative estimate of drug-likeness (QED) is 0.608. The highest BCUT2D eigenvalue weighted by atomic mass is 16.5. The van der Waals surface area contributed by atoms with E-state index < -0.39 is 0 Å². The van der Waals surface area contributed by atoms with Crippen LogP contribution in [0.1, 0.15) is 33.1 Å². The highest BCUT2D eigenvalue weighted by Crippen LogP contribution is 2.17. The van der Waals surface area contributed by atoms with E-state index in [4.69, 9.17) is 4.74 Å². The molecule has 0 spiro atoms. The predicted molar refractivity (Wildman–Crippen MR) is 68.8 cm³/mol. The van der Waals surface area contributed by atoms with Crippen molar-refractivity contribution >= 4 is 0 Å². The van der Waals surface area contributed by atoms with Crippen LogP contribution in [0.15, 0.2) is 0 Å². The summed E-state index contributed by atoms with van der Waals surface area (Å²) in [4.78, 5) is 2.59. The van der Waals surface area contributed by atoms with Gasteiger partial charge in [-0.25, -0.2) is 0 Å². The second-order valence-electron chi connectivity index (χ2n) is 4.66. The Hall–Kier alpha value is -0.120. The number of nitrogens with one attached hydrogen (secondary N) is 1. The molecule has 0 radical (unpaired) electrons. The lowest BCUT2D eigenvalue weighted by Crippen LogP contribution is -2.31. The molecule has 0 aromatic rings. The maximum Gasteiger partial charge on any atom is 0.0477 e. The summed E-state index contributed by atoms with van der Waals surface area (Å²) in [5.74, 6) is 0.956. The van der Waals surface area contributed by atoms with Crippen LogP contribution in [0.2, 0.25) is 0 Å². The Labute approximate surface area is 101 Å². The van der Waals surface area contributed by atoms with Crippen LogP contribution >= 0.6 is 0 Å². The molecule has 1 saturated heterocycles. The highest BCUT2D eigenvalue weighted by molar-refractivity contribution is 4.74. The molecular weight excluding hydrogens is 200 g/mol. The smallest absolute Gasteiger partial charge is 0.0477 e. The van der Waals surface area contributed by atoms with E-state index >= 15 is 0 Å².